The van der Waals surface area contributed by atoms with Gasteiger partial charge in [-0.2, -0.15) is 5.21 Å². The highest BCUT2D eigenvalue weighted by Crippen LogP contribution is 2.13. The molecular weight excluding hydrogens is 1050 g/mol. The van der Waals surface area contributed by atoms with Crippen molar-refractivity contribution >= 4 is 69.0 Å². The number of carboxylic acids is 3. The number of hydrogen-bond acceptors (Lipinski definition) is 19. The Bertz CT molecular complexity index is 2270. The number of aryl methyl sites for hydroxylation is 2. The Kier molecular flexibility index (Phi) is 36.6. The molecular formula is C49H77N9O19S. The van der Waals surface area contributed by atoms with Crippen LogP contribution < -0.4 is 26.0 Å². The topological polar surface area (TPSA) is 417 Å². The summed E-state index contributed by atoms with van der Waals surface area (Å²) in [6.45, 7) is 6.46. The van der Waals surface area contributed by atoms with Crippen molar-refractivity contribution in [3.05, 3.63) is 41.2 Å². The lowest BCUT2D eigenvalue weighted by Crippen LogP contribution is -2.42. The van der Waals surface area contributed by atoms with E-state index >= 15 is 0 Å². The fourth-order valence-electron chi connectivity index (χ4n) is 6.62. The van der Waals surface area contributed by atoms with Crippen LogP contribution in [-0.2, 0) is 78.5 Å². The first-order chi connectivity index (χ1) is 37.2. The molecule has 438 valence electrons. The molecule has 0 aliphatic carbocycles. The number of benzene rings is 1. The largest absolute Gasteiger partial charge is 0.481 e. The minimum Gasteiger partial charge on any atom is -0.481 e. The number of ketones is 2. The van der Waals surface area contributed by atoms with Gasteiger partial charge in [0.05, 0.1) is 44.7 Å². The molecule has 29 heteroatoms. The smallest absolute Gasteiger partial charge is 0.326 e. The molecule has 0 aliphatic rings. The van der Waals surface area contributed by atoms with E-state index in [1.54, 1.807) is 19.1 Å². The van der Waals surface area contributed by atoms with Crippen LogP contribution in [0.2, 0.25) is 0 Å². The van der Waals surface area contributed by atoms with E-state index in [-0.39, 0.29) is 109 Å². The summed E-state index contributed by atoms with van der Waals surface area (Å²) < 4.78 is 47.0. The highest BCUT2D eigenvalue weighted by Gasteiger charge is 2.25. The number of rotatable bonds is 44. The van der Waals surface area contributed by atoms with E-state index in [0.717, 1.165) is 5.56 Å². The minimum atomic E-state index is -3.89. The third kappa shape index (κ3) is 35.5. The van der Waals surface area contributed by atoms with Gasteiger partial charge in [-0.15, -0.1) is 10.2 Å². The van der Waals surface area contributed by atoms with E-state index in [9.17, 15) is 66.6 Å². The average Bonchev–Trinajstić information content (AvgIpc) is 3.91. The maximum Gasteiger partial charge on any atom is 0.326 e. The lowest BCUT2D eigenvalue weighted by atomic mass is 9.97. The van der Waals surface area contributed by atoms with Crippen molar-refractivity contribution < 1.29 is 90.6 Å². The number of sulfonamides is 1. The first-order valence-electron chi connectivity index (χ1n) is 25.6. The number of Topliss-reactive ketones (excluding diaryl/α,β-unsaturated/α-hetero) is 2. The second kappa shape index (κ2) is 41.3. The molecule has 0 aliphatic heterocycles. The molecule has 0 fully saturated rings. The van der Waals surface area contributed by atoms with E-state index in [1.165, 1.54) is 0 Å². The quantitative estimate of drug-likeness (QED) is 0.0410. The predicted molar refractivity (Wildman–Crippen MR) is 276 cm³/mol. The number of carboxylic acid groups (broad SMARTS) is 3. The van der Waals surface area contributed by atoms with E-state index < -0.39 is 81.1 Å². The standard InChI is InChI=1S/C25H41N7O12S.C24H36N2O7/c1-2-19(25(39)40)27-22(35)9-8-17(24(37)38)15-18(33)16-44-13-12-43-11-10-26-21(34)7-4-14-45(41,42)30-23(36)6-3-5-20-28-31-32-29-20;1-3-20(27)7-6-14-32-15-16-33-17-22(28)26-21(24(30)31)8-4-5-13-25-23(29)19-11-9-18(2)10-12-19/h17,19H,2-16H2,1H3,(H,26,34)(H,27,35)(H,30,36)(H,37,38)(H,39,40)(H,28,29,31,32);9-12,21H,3-8,13-17H2,1-2H3,(H,25,29)(H,26,28)(H,30,31)/t17-,19?;21-/m10/s1. The third-order valence-corrected chi connectivity index (χ3v) is 12.3. The van der Waals surface area contributed by atoms with Gasteiger partial charge in [0.15, 0.2) is 11.6 Å². The number of ether oxygens (including phenoxy) is 4. The molecule has 2 rings (SSSR count). The summed E-state index contributed by atoms with van der Waals surface area (Å²) in [5.41, 5.74) is 1.65. The zero-order valence-corrected chi connectivity index (χ0v) is 45.4. The van der Waals surface area contributed by atoms with Gasteiger partial charge in [-0.25, -0.2) is 18.0 Å². The van der Waals surface area contributed by atoms with Crippen LogP contribution in [0.15, 0.2) is 24.3 Å². The molecule has 28 nitrogen and oxygen atoms in total. The molecule has 0 bridgehead atoms. The van der Waals surface area contributed by atoms with E-state index in [2.05, 4.69) is 41.9 Å². The predicted octanol–water partition coefficient (Wildman–Crippen LogP) is 0.575. The van der Waals surface area contributed by atoms with Gasteiger partial charge in [-0.3, -0.25) is 43.1 Å². The van der Waals surface area contributed by atoms with Crippen LogP contribution >= 0.6 is 0 Å². The highest BCUT2D eigenvalue weighted by atomic mass is 32.2. The zero-order chi connectivity index (χ0) is 58.1. The van der Waals surface area contributed by atoms with Crippen molar-refractivity contribution in [2.75, 3.05) is 71.7 Å². The normalized spacial score (nSPS) is 12.1. The molecule has 1 aromatic carbocycles. The van der Waals surface area contributed by atoms with Gasteiger partial charge in [-0.1, -0.05) is 36.8 Å². The van der Waals surface area contributed by atoms with Crippen LogP contribution in [0, 0.1) is 12.8 Å². The lowest BCUT2D eigenvalue weighted by Gasteiger charge is -2.15. The van der Waals surface area contributed by atoms with Crippen molar-refractivity contribution in [2.45, 2.75) is 129 Å². The van der Waals surface area contributed by atoms with E-state index in [0.29, 0.717) is 76.1 Å². The maximum absolute atomic E-state index is 12.1. The van der Waals surface area contributed by atoms with Crippen LogP contribution in [0.5, 0.6) is 0 Å². The fraction of sp³-hybridized carbons (Fsp3) is 0.653. The van der Waals surface area contributed by atoms with Crippen LogP contribution in [-0.4, -0.2) is 187 Å². The lowest BCUT2D eigenvalue weighted by molar-refractivity contribution is -0.145. The number of unbranched alkanes of at least 4 members (excludes halogenated alkanes) is 1. The summed E-state index contributed by atoms with van der Waals surface area (Å²) in [6.07, 6.45) is 3.04. The van der Waals surface area contributed by atoms with Gasteiger partial charge < -0.3 is 55.5 Å². The van der Waals surface area contributed by atoms with Gasteiger partial charge in [0.2, 0.25) is 33.7 Å². The minimum absolute atomic E-state index is 0.00000913. The summed E-state index contributed by atoms with van der Waals surface area (Å²) >= 11 is 0. The number of nitrogens with zero attached hydrogens (tertiary/aromatic N) is 3. The second-order valence-corrected chi connectivity index (χ2v) is 19.4. The molecule has 0 saturated carbocycles. The Balaban J connectivity index is 0.000000818. The Morgan fingerprint density at radius 1 is 0.615 bits per heavy atom. The third-order valence-electron chi connectivity index (χ3n) is 11.0. The molecule has 1 heterocycles. The number of aliphatic carboxylic acids is 3. The number of carbonyl (C=O) groups excluding carboxylic acids is 7. The molecule has 1 aromatic heterocycles. The molecule has 2 aromatic rings. The molecule has 78 heavy (non-hydrogen) atoms. The fourth-order valence-corrected chi connectivity index (χ4v) is 7.69. The summed E-state index contributed by atoms with van der Waals surface area (Å²) in [5, 5.41) is 50.8. The van der Waals surface area contributed by atoms with Crippen molar-refractivity contribution in [3.63, 3.8) is 0 Å². The van der Waals surface area contributed by atoms with Gasteiger partial charge in [-0.05, 0) is 70.4 Å². The van der Waals surface area contributed by atoms with E-state index in [1.807, 2.05) is 30.7 Å². The first-order valence-corrected chi connectivity index (χ1v) is 27.3. The Labute approximate surface area is 453 Å². The molecule has 3 atom stereocenters. The molecule has 0 radical (unpaired) electrons. The van der Waals surface area contributed by atoms with Crippen molar-refractivity contribution in [1.82, 2.24) is 46.6 Å². The summed E-state index contributed by atoms with van der Waals surface area (Å²) in [6, 6.07) is 5.16. The highest BCUT2D eigenvalue weighted by molar-refractivity contribution is 7.90. The molecule has 1 unspecified atom stereocenters. The summed E-state index contributed by atoms with van der Waals surface area (Å²) in [4.78, 5) is 117. The van der Waals surface area contributed by atoms with Crippen molar-refractivity contribution in [2.24, 2.45) is 5.92 Å². The Hall–Kier alpha value is -6.82. The SMILES string of the molecule is CCC(=O)CCCOCCOCC(=O)N[C@@H](CCCCNC(=O)c1ccc(C)cc1)C(=O)O.CCC(NC(=O)CC[C@H](CC(=O)COCCOCCNC(=O)CCCS(=O)(=O)NC(=O)CCCc1nn[nH]n1)C(=O)O)C(=O)O. The van der Waals surface area contributed by atoms with Crippen molar-refractivity contribution in [1.29, 1.82) is 0 Å². The number of hydrogen-bond donors (Lipinski definition) is 9. The number of amides is 5. The number of aromatic nitrogens is 4. The number of tetrazole rings is 1. The summed E-state index contributed by atoms with van der Waals surface area (Å²) in [5.74, 6) is -7.35. The van der Waals surface area contributed by atoms with Gasteiger partial charge in [0.25, 0.3) is 5.91 Å². The Morgan fingerprint density at radius 3 is 1.88 bits per heavy atom. The Morgan fingerprint density at radius 2 is 1.26 bits per heavy atom. The molecule has 0 saturated heterocycles. The monoisotopic (exact) mass is 1130 g/mol. The molecule has 5 amide bonds. The van der Waals surface area contributed by atoms with E-state index in [4.69, 9.17) is 24.1 Å². The number of carbonyl (C=O) groups is 10. The number of H-pyrrole nitrogens is 1. The maximum atomic E-state index is 12.1. The number of nitrogens with one attached hydrogen (secondary N) is 6. The molecule has 0 spiro atoms. The van der Waals surface area contributed by atoms with Gasteiger partial charge >= 0.3 is 17.9 Å². The van der Waals surface area contributed by atoms with Gasteiger partial charge in [0, 0.05) is 70.2 Å². The van der Waals surface area contributed by atoms with Gasteiger partial charge in [0.1, 0.15) is 31.1 Å². The zero-order valence-electron chi connectivity index (χ0n) is 44.5. The van der Waals surface area contributed by atoms with Crippen LogP contribution in [0.4, 0.5) is 0 Å². The molecule has 9 N–H and O–H groups in total. The van der Waals surface area contributed by atoms with Crippen LogP contribution in [0.3, 0.4) is 0 Å². The van der Waals surface area contributed by atoms with Crippen LogP contribution in [0.25, 0.3) is 0 Å². The second-order valence-electron chi connectivity index (χ2n) is 17.6. The first kappa shape index (κ1) is 69.2. The van der Waals surface area contributed by atoms with Crippen LogP contribution in [0.1, 0.15) is 125 Å². The average molecular weight is 1130 g/mol. The summed E-state index contributed by atoms with van der Waals surface area (Å²) in [7, 11) is -3.89. The van der Waals surface area contributed by atoms with Crippen molar-refractivity contribution in [3.8, 4) is 0 Å². The number of aromatic amines is 1.